The number of rotatable bonds is 4. The van der Waals surface area contributed by atoms with E-state index in [0.717, 1.165) is 39.0 Å². The normalized spacial score (nSPS) is 13.2. The second-order valence-corrected chi connectivity index (χ2v) is 15.9. The Hall–Kier alpha value is -7.68. The van der Waals surface area contributed by atoms with Gasteiger partial charge in [-0.3, -0.25) is 0 Å². The van der Waals surface area contributed by atoms with Gasteiger partial charge in [-0.15, -0.1) is 0 Å². The van der Waals surface area contributed by atoms with Gasteiger partial charge in [0.25, 0.3) is 0 Å². The van der Waals surface area contributed by atoms with Crippen LogP contribution in [0, 0.1) is 0 Å². The smallest absolute Gasteiger partial charge is 0.160 e. The van der Waals surface area contributed by atoms with E-state index in [4.69, 9.17) is 4.42 Å². The van der Waals surface area contributed by atoms with Crippen molar-refractivity contribution < 1.29 is 4.42 Å². The van der Waals surface area contributed by atoms with Gasteiger partial charge in [0.2, 0.25) is 0 Å². The summed E-state index contributed by atoms with van der Waals surface area (Å²) < 4.78 is 6.92. The molecule has 10 aromatic carbocycles. The number of benzene rings is 10. The number of furan rings is 1. The standard InChI is InChI=1S/C57H35NO/c1-3-17-41-36(14-1)16-13-23-42(41)37-28-30-39(31-29-37)58(53-34-38-15-2-4-18-43(38)55-47-22-8-12-27-54(47)59-56(53)55)40-32-33-52-48(35-40)46-21-7-11-26-51(46)57(52)49-24-9-5-19-44(49)45-20-6-10-25-50(45)57/h1-35H. The van der Waals surface area contributed by atoms with Gasteiger partial charge < -0.3 is 9.32 Å². The average molecular weight is 750 g/mol. The van der Waals surface area contributed by atoms with E-state index in [0.29, 0.717) is 0 Å². The molecule has 0 bridgehead atoms. The van der Waals surface area contributed by atoms with E-state index in [2.05, 4.69) is 217 Å². The Morgan fingerprint density at radius 2 is 0.881 bits per heavy atom. The Kier molecular flexibility index (Phi) is 6.68. The second-order valence-electron chi connectivity index (χ2n) is 15.9. The van der Waals surface area contributed by atoms with Crippen molar-refractivity contribution in [2.24, 2.45) is 0 Å². The number of anilines is 3. The van der Waals surface area contributed by atoms with Gasteiger partial charge in [-0.2, -0.15) is 0 Å². The van der Waals surface area contributed by atoms with Gasteiger partial charge in [-0.05, 0) is 114 Å². The first kappa shape index (κ1) is 32.4. The summed E-state index contributed by atoms with van der Waals surface area (Å²) in [4.78, 5) is 2.41. The maximum atomic E-state index is 6.92. The van der Waals surface area contributed by atoms with Gasteiger partial charge in [0.05, 0.1) is 11.1 Å². The summed E-state index contributed by atoms with van der Waals surface area (Å²) in [6, 6.07) is 77.9. The summed E-state index contributed by atoms with van der Waals surface area (Å²) in [5.74, 6) is 0. The average Bonchev–Trinajstić information content (AvgIpc) is 3.94. The Morgan fingerprint density at radius 3 is 1.61 bits per heavy atom. The molecule has 13 rings (SSSR count). The molecule has 0 amide bonds. The highest BCUT2D eigenvalue weighted by atomic mass is 16.3. The third-order valence-corrected chi connectivity index (χ3v) is 13.1. The van der Waals surface area contributed by atoms with E-state index in [9.17, 15) is 0 Å². The lowest BCUT2D eigenvalue weighted by Crippen LogP contribution is -2.25. The van der Waals surface area contributed by atoms with E-state index < -0.39 is 5.41 Å². The third-order valence-electron chi connectivity index (χ3n) is 13.1. The van der Waals surface area contributed by atoms with E-state index in [1.54, 1.807) is 0 Å². The number of para-hydroxylation sites is 1. The van der Waals surface area contributed by atoms with Crippen LogP contribution in [-0.4, -0.2) is 0 Å². The zero-order valence-electron chi connectivity index (χ0n) is 32.1. The molecule has 0 saturated carbocycles. The van der Waals surface area contributed by atoms with Gasteiger partial charge >= 0.3 is 0 Å². The fraction of sp³-hybridized carbons (Fsp3) is 0.0175. The van der Waals surface area contributed by atoms with Crippen LogP contribution in [0.2, 0.25) is 0 Å². The number of hydrogen-bond donors (Lipinski definition) is 0. The Bertz CT molecular complexity index is 3470. The van der Waals surface area contributed by atoms with Crippen molar-refractivity contribution in [3.8, 4) is 33.4 Å². The molecule has 0 radical (unpaired) electrons. The number of nitrogens with zero attached hydrogens (tertiary/aromatic N) is 1. The second kappa shape index (κ2) is 12.2. The predicted molar refractivity (Wildman–Crippen MR) is 245 cm³/mol. The van der Waals surface area contributed by atoms with Gasteiger partial charge in [0.15, 0.2) is 5.58 Å². The minimum Gasteiger partial charge on any atom is -0.454 e. The first-order valence-corrected chi connectivity index (χ1v) is 20.4. The number of fused-ring (bicyclic) bond motifs is 16. The van der Waals surface area contributed by atoms with Crippen molar-refractivity contribution >= 4 is 60.5 Å². The lowest BCUT2D eigenvalue weighted by atomic mass is 9.70. The summed E-state index contributed by atoms with van der Waals surface area (Å²) in [5.41, 5.74) is 17.4. The van der Waals surface area contributed by atoms with Crippen molar-refractivity contribution in [1.29, 1.82) is 0 Å². The molecule has 2 aliphatic carbocycles. The fourth-order valence-electron chi connectivity index (χ4n) is 10.6. The summed E-state index contributed by atoms with van der Waals surface area (Å²) in [5, 5.41) is 7.10. The van der Waals surface area contributed by atoms with Crippen LogP contribution < -0.4 is 4.90 Å². The molecule has 0 atom stereocenters. The Labute approximate surface area is 341 Å². The van der Waals surface area contributed by atoms with Crippen molar-refractivity contribution in [1.82, 2.24) is 0 Å². The van der Waals surface area contributed by atoms with Crippen LogP contribution in [0.15, 0.2) is 217 Å². The highest BCUT2D eigenvalue weighted by Crippen LogP contribution is 2.63. The minimum atomic E-state index is -0.405. The predicted octanol–water partition coefficient (Wildman–Crippen LogP) is 15.4. The largest absolute Gasteiger partial charge is 0.454 e. The molecule has 0 N–H and O–H groups in total. The molecule has 0 aliphatic heterocycles. The van der Waals surface area contributed by atoms with Crippen LogP contribution in [0.25, 0.3) is 76.9 Å². The zero-order valence-corrected chi connectivity index (χ0v) is 32.1. The summed E-state index contributed by atoms with van der Waals surface area (Å²) in [6.45, 7) is 0. The number of hydrogen-bond acceptors (Lipinski definition) is 2. The topological polar surface area (TPSA) is 16.4 Å². The fourth-order valence-corrected chi connectivity index (χ4v) is 10.6. The van der Waals surface area contributed by atoms with Crippen molar-refractivity contribution in [3.05, 3.63) is 235 Å². The van der Waals surface area contributed by atoms with E-state index in [1.807, 2.05) is 0 Å². The van der Waals surface area contributed by atoms with Crippen LogP contribution in [0.3, 0.4) is 0 Å². The molecule has 0 saturated heterocycles. The Morgan fingerprint density at radius 1 is 0.356 bits per heavy atom. The maximum absolute atomic E-state index is 6.92. The first-order valence-electron chi connectivity index (χ1n) is 20.4. The van der Waals surface area contributed by atoms with Crippen LogP contribution in [-0.2, 0) is 5.41 Å². The SMILES string of the molecule is c1ccc2c(c1)-c1ccccc1C21c2ccccc2-c2cc(N(c3ccc(-c4cccc5ccccc45)cc3)c3cc4ccccc4c4c3oc3ccccc34)ccc21. The molecule has 59 heavy (non-hydrogen) atoms. The Balaban J connectivity index is 1.08. The minimum absolute atomic E-state index is 0.405. The molecule has 1 heterocycles. The molecule has 2 heteroatoms. The molecule has 2 nitrogen and oxygen atoms in total. The molecule has 274 valence electrons. The van der Waals surface area contributed by atoms with Crippen molar-refractivity contribution in [2.45, 2.75) is 5.41 Å². The van der Waals surface area contributed by atoms with Crippen LogP contribution in [0.1, 0.15) is 22.3 Å². The van der Waals surface area contributed by atoms with Gasteiger partial charge in [0.1, 0.15) is 5.58 Å². The molecule has 2 aliphatic rings. The molecule has 0 fully saturated rings. The molecule has 1 spiro atoms. The van der Waals surface area contributed by atoms with Crippen LogP contribution >= 0.6 is 0 Å². The van der Waals surface area contributed by atoms with Crippen LogP contribution in [0.4, 0.5) is 17.1 Å². The van der Waals surface area contributed by atoms with Crippen molar-refractivity contribution in [3.63, 3.8) is 0 Å². The van der Waals surface area contributed by atoms with Gasteiger partial charge in [0, 0.05) is 22.1 Å². The third kappa shape index (κ3) is 4.40. The zero-order chi connectivity index (χ0) is 38.7. The van der Waals surface area contributed by atoms with E-state index in [-0.39, 0.29) is 0 Å². The molecule has 11 aromatic rings. The maximum Gasteiger partial charge on any atom is 0.160 e. The monoisotopic (exact) mass is 749 g/mol. The lowest BCUT2D eigenvalue weighted by Gasteiger charge is -2.31. The summed E-state index contributed by atoms with van der Waals surface area (Å²) in [6.07, 6.45) is 0. The molecule has 0 unspecified atom stereocenters. The van der Waals surface area contributed by atoms with E-state index in [1.165, 1.54) is 77.2 Å². The highest BCUT2D eigenvalue weighted by molar-refractivity contribution is 6.23. The van der Waals surface area contributed by atoms with Gasteiger partial charge in [-0.1, -0.05) is 176 Å². The van der Waals surface area contributed by atoms with Crippen molar-refractivity contribution in [2.75, 3.05) is 4.90 Å². The molecule has 1 aromatic heterocycles. The molecular formula is C57H35NO. The quantitative estimate of drug-likeness (QED) is 0.178. The first-order chi connectivity index (χ1) is 29.3. The highest BCUT2D eigenvalue weighted by Gasteiger charge is 2.51. The lowest BCUT2D eigenvalue weighted by molar-refractivity contribution is 0.669. The van der Waals surface area contributed by atoms with Crippen LogP contribution in [0.5, 0.6) is 0 Å². The van der Waals surface area contributed by atoms with Gasteiger partial charge in [-0.25, -0.2) is 0 Å². The molecular weight excluding hydrogens is 715 g/mol. The summed E-state index contributed by atoms with van der Waals surface area (Å²) in [7, 11) is 0. The van der Waals surface area contributed by atoms with E-state index >= 15 is 0 Å². The summed E-state index contributed by atoms with van der Waals surface area (Å²) >= 11 is 0.